The predicted octanol–water partition coefficient (Wildman–Crippen LogP) is 2.88. The van der Waals surface area contributed by atoms with E-state index in [1.54, 1.807) is 12.1 Å². The van der Waals surface area contributed by atoms with Crippen LogP contribution in [0.1, 0.15) is 5.69 Å². The number of rotatable bonds is 4. The number of hydrogen-bond acceptors (Lipinski definition) is 6. The zero-order valence-electron chi connectivity index (χ0n) is 13.2. The molecule has 0 aliphatic carbocycles. The van der Waals surface area contributed by atoms with Gasteiger partial charge in [0.15, 0.2) is 21.3 Å². The first-order valence-electron chi connectivity index (χ1n) is 7.07. The van der Waals surface area contributed by atoms with Gasteiger partial charge in [-0.3, -0.25) is 0 Å². The summed E-state index contributed by atoms with van der Waals surface area (Å²) in [7, 11) is -3.49. The second-order valence-electron chi connectivity index (χ2n) is 5.17. The highest BCUT2D eigenvalue weighted by atomic mass is 32.2. The first kappa shape index (κ1) is 17.9. The molecule has 0 unspecified atom stereocenters. The molecule has 0 bridgehead atoms. The van der Waals surface area contributed by atoms with Crippen LogP contribution in [0.25, 0.3) is 5.82 Å². The molecule has 0 spiro atoms. The third-order valence-corrected chi connectivity index (χ3v) is 4.28. The van der Waals surface area contributed by atoms with Gasteiger partial charge in [0.1, 0.15) is 0 Å². The largest absolute Gasteiger partial charge is 0.435 e. The minimum absolute atomic E-state index is 0.0427. The van der Waals surface area contributed by atoms with Crippen LogP contribution in [-0.2, 0) is 16.0 Å². The maximum atomic E-state index is 13.0. The summed E-state index contributed by atoms with van der Waals surface area (Å²) < 4.78 is 68.2. The van der Waals surface area contributed by atoms with Gasteiger partial charge in [0, 0.05) is 30.8 Å². The molecule has 0 aliphatic rings. The zero-order valence-corrected chi connectivity index (χ0v) is 14.0. The van der Waals surface area contributed by atoms with Crippen molar-refractivity contribution in [3.63, 3.8) is 0 Å². The van der Waals surface area contributed by atoms with Gasteiger partial charge in [0.05, 0.1) is 4.90 Å². The molecule has 26 heavy (non-hydrogen) atoms. The lowest BCUT2D eigenvalue weighted by Gasteiger charge is -2.07. The van der Waals surface area contributed by atoms with Crippen LogP contribution < -0.4 is 4.74 Å². The van der Waals surface area contributed by atoms with Gasteiger partial charge in [-0.2, -0.15) is 23.0 Å². The third kappa shape index (κ3) is 3.82. The predicted molar refractivity (Wildman–Crippen MR) is 83.8 cm³/mol. The third-order valence-electron chi connectivity index (χ3n) is 3.18. The minimum atomic E-state index is -4.69. The molecule has 0 N–H and O–H groups in total. The fourth-order valence-electron chi connectivity index (χ4n) is 1.97. The summed E-state index contributed by atoms with van der Waals surface area (Å²) in [6, 6.07) is 7.85. The SMILES string of the molecule is CS(=O)(=O)c1ccc(-n2nc(C(F)(F)F)cc2Oc2ccccn2)nc1. The standard InChI is InChI=1S/C15H11F3N4O3S/c1-26(23,24)10-5-6-12(20-9-10)22-14(8-11(21-22)15(16,17)18)25-13-4-2-3-7-19-13/h2-9H,1H3. The van der Waals surface area contributed by atoms with Gasteiger partial charge >= 0.3 is 6.18 Å². The maximum Gasteiger partial charge on any atom is 0.435 e. The first-order chi connectivity index (χ1) is 12.1. The van der Waals surface area contributed by atoms with E-state index in [1.807, 2.05) is 0 Å². The van der Waals surface area contributed by atoms with Crippen molar-refractivity contribution in [3.05, 3.63) is 54.5 Å². The van der Waals surface area contributed by atoms with Crippen molar-refractivity contribution in [2.45, 2.75) is 11.1 Å². The van der Waals surface area contributed by atoms with Crippen LogP contribution in [0.15, 0.2) is 53.7 Å². The van der Waals surface area contributed by atoms with Crippen LogP contribution >= 0.6 is 0 Å². The fourth-order valence-corrected chi connectivity index (χ4v) is 2.53. The Morgan fingerprint density at radius 3 is 2.42 bits per heavy atom. The van der Waals surface area contributed by atoms with Crippen LogP contribution in [0.2, 0.25) is 0 Å². The van der Waals surface area contributed by atoms with Crippen LogP contribution in [0, 0.1) is 0 Å². The molecule has 0 aromatic carbocycles. The average Bonchev–Trinajstić information content (AvgIpc) is 2.99. The number of sulfone groups is 1. The first-order valence-corrected chi connectivity index (χ1v) is 8.96. The van der Waals surface area contributed by atoms with Crippen molar-refractivity contribution in [3.8, 4) is 17.6 Å². The van der Waals surface area contributed by atoms with Crippen molar-refractivity contribution in [2.24, 2.45) is 0 Å². The Morgan fingerprint density at radius 2 is 1.88 bits per heavy atom. The molecule has 0 saturated heterocycles. The fraction of sp³-hybridized carbons (Fsp3) is 0.133. The van der Waals surface area contributed by atoms with Crippen molar-refractivity contribution in [1.82, 2.24) is 19.7 Å². The number of alkyl halides is 3. The molecule has 0 aliphatic heterocycles. The lowest BCUT2D eigenvalue weighted by molar-refractivity contribution is -0.141. The minimum Gasteiger partial charge on any atom is -0.421 e. The molecule has 0 atom stereocenters. The van der Waals surface area contributed by atoms with E-state index in [-0.39, 0.29) is 22.5 Å². The molecular weight excluding hydrogens is 373 g/mol. The molecule has 11 heteroatoms. The summed E-state index contributed by atoms with van der Waals surface area (Å²) in [5.74, 6) is -0.246. The molecule has 3 heterocycles. The molecular formula is C15H11F3N4O3S. The summed E-state index contributed by atoms with van der Waals surface area (Å²) >= 11 is 0. The van der Waals surface area contributed by atoms with E-state index in [0.717, 1.165) is 17.1 Å². The maximum absolute atomic E-state index is 13.0. The van der Waals surface area contributed by atoms with Gasteiger partial charge in [-0.15, -0.1) is 0 Å². The lowest BCUT2D eigenvalue weighted by Crippen LogP contribution is -2.08. The number of ether oxygens (including phenoxy) is 1. The summed E-state index contributed by atoms with van der Waals surface area (Å²) in [4.78, 5) is 7.68. The smallest absolute Gasteiger partial charge is 0.421 e. The van der Waals surface area contributed by atoms with Crippen molar-refractivity contribution in [2.75, 3.05) is 6.26 Å². The van der Waals surface area contributed by atoms with Crippen LogP contribution in [-0.4, -0.2) is 34.4 Å². The molecule has 136 valence electrons. The highest BCUT2D eigenvalue weighted by Crippen LogP contribution is 2.33. The number of aromatic nitrogens is 4. The number of pyridine rings is 2. The molecule has 0 radical (unpaired) electrons. The lowest BCUT2D eigenvalue weighted by atomic mass is 10.4. The van der Waals surface area contributed by atoms with Crippen molar-refractivity contribution < 1.29 is 26.3 Å². The Morgan fingerprint density at radius 1 is 1.12 bits per heavy atom. The van der Waals surface area contributed by atoms with E-state index in [0.29, 0.717) is 6.07 Å². The van der Waals surface area contributed by atoms with Crippen molar-refractivity contribution >= 4 is 9.84 Å². The Kier molecular flexibility index (Phi) is 4.40. The Labute approximate surface area is 146 Å². The van der Waals surface area contributed by atoms with Crippen molar-refractivity contribution in [1.29, 1.82) is 0 Å². The quantitative estimate of drug-likeness (QED) is 0.687. The Balaban J connectivity index is 2.06. The van der Waals surface area contributed by atoms with E-state index >= 15 is 0 Å². The Bertz CT molecular complexity index is 1020. The van der Waals surface area contributed by atoms with E-state index in [9.17, 15) is 21.6 Å². The second-order valence-corrected chi connectivity index (χ2v) is 7.19. The zero-order chi connectivity index (χ0) is 18.9. The molecule has 3 rings (SSSR count). The van der Waals surface area contributed by atoms with Gasteiger partial charge in [0.25, 0.3) is 0 Å². The van der Waals surface area contributed by atoms with E-state index < -0.39 is 21.7 Å². The normalized spacial score (nSPS) is 12.2. The highest BCUT2D eigenvalue weighted by Gasteiger charge is 2.36. The molecule has 7 nitrogen and oxygen atoms in total. The number of nitrogens with zero attached hydrogens (tertiary/aromatic N) is 4. The van der Waals surface area contributed by atoms with E-state index in [1.165, 1.54) is 24.4 Å². The van der Waals surface area contributed by atoms with E-state index in [4.69, 9.17) is 4.74 Å². The topological polar surface area (TPSA) is 87.0 Å². The van der Waals surface area contributed by atoms with Gasteiger partial charge in [-0.1, -0.05) is 6.07 Å². The molecule has 3 aromatic rings. The number of halogens is 3. The van der Waals surface area contributed by atoms with Gasteiger partial charge < -0.3 is 4.74 Å². The van der Waals surface area contributed by atoms with Crippen LogP contribution in [0.5, 0.6) is 11.8 Å². The molecule has 0 saturated carbocycles. The van der Waals surface area contributed by atoms with Crippen LogP contribution in [0.4, 0.5) is 13.2 Å². The highest BCUT2D eigenvalue weighted by molar-refractivity contribution is 7.90. The number of hydrogen-bond donors (Lipinski definition) is 0. The molecule has 0 fully saturated rings. The van der Waals surface area contributed by atoms with Gasteiger partial charge in [0.2, 0.25) is 11.8 Å². The summed E-state index contributed by atoms with van der Waals surface area (Å²) in [6.45, 7) is 0. The summed E-state index contributed by atoms with van der Waals surface area (Å²) in [5.41, 5.74) is -1.18. The van der Waals surface area contributed by atoms with E-state index in [2.05, 4.69) is 15.1 Å². The summed E-state index contributed by atoms with van der Waals surface area (Å²) in [5, 5.41) is 3.47. The summed E-state index contributed by atoms with van der Waals surface area (Å²) in [6.07, 6.45) is -1.25. The molecule has 0 amide bonds. The Hall–Kier alpha value is -2.95. The van der Waals surface area contributed by atoms with Crippen LogP contribution in [0.3, 0.4) is 0 Å². The van der Waals surface area contributed by atoms with Gasteiger partial charge in [-0.25, -0.2) is 18.4 Å². The second kappa shape index (κ2) is 6.41. The monoisotopic (exact) mass is 384 g/mol. The average molecular weight is 384 g/mol. The van der Waals surface area contributed by atoms with Gasteiger partial charge in [-0.05, 0) is 18.2 Å². The molecule has 3 aromatic heterocycles.